The SMILES string of the molecule is CCOc1ccc(N2CC(NC(=O)Nc3ccc(Br)cc3C)CC2=O)cc1. The summed E-state index contributed by atoms with van der Waals surface area (Å²) in [5.74, 6) is 0.760. The first-order valence-corrected chi connectivity index (χ1v) is 9.62. The van der Waals surface area contributed by atoms with Crippen LogP contribution < -0.4 is 20.3 Å². The Bertz CT molecular complexity index is 839. The van der Waals surface area contributed by atoms with Crippen molar-refractivity contribution in [3.8, 4) is 5.75 Å². The topological polar surface area (TPSA) is 70.7 Å². The number of benzene rings is 2. The standard InChI is InChI=1S/C20H22BrN3O3/c1-3-27-17-7-5-16(6-8-17)24-12-15(11-19(24)25)22-20(26)23-18-9-4-14(21)10-13(18)2/h4-10,15H,3,11-12H2,1-2H3,(H2,22,23,26). The van der Waals surface area contributed by atoms with Crippen molar-refractivity contribution in [1.29, 1.82) is 0 Å². The van der Waals surface area contributed by atoms with E-state index in [4.69, 9.17) is 4.74 Å². The average Bonchev–Trinajstić information content (AvgIpc) is 2.98. The van der Waals surface area contributed by atoms with Crippen LogP contribution in [0.2, 0.25) is 0 Å². The fraction of sp³-hybridized carbons (Fsp3) is 0.300. The molecule has 1 aliphatic rings. The van der Waals surface area contributed by atoms with E-state index in [-0.39, 0.29) is 24.4 Å². The smallest absolute Gasteiger partial charge is 0.319 e. The van der Waals surface area contributed by atoms with Gasteiger partial charge in [0, 0.05) is 28.8 Å². The summed E-state index contributed by atoms with van der Waals surface area (Å²) >= 11 is 3.40. The zero-order chi connectivity index (χ0) is 19.4. The van der Waals surface area contributed by atoms with Crippen molar-refractivity contribution in [3.63, 3.8) is 0 Å². The lowest BCUT2D eigenvalue weighted by Gasteiger charge is -2.18. The molecule has 2 aromatic rings. The summed E-state index contributed by atoms with van der Waals surface area (Å²) in [6, 6.07) is 12.5. The van der Waals surface area contributed by atoms with Crippen molar-refractivity contribution in [2.45, 2.75) is 26.3 Å². The maximum absolute atomic E-state index is 12.3. The number of ether oxygens (including phenoxy) is 1. The van der Waals surface area contributed by atoms with E-state index in [2.05, 4.69) is 26.6 Å². The Kier molecular flexibility index (Phi) is 6.01. The van der Waals surface area contributed by atoms with Crippen molar-refractivity contribution in [2.75, 3.05) is 23.4 Å². The van der Waals surface area contributed by atoms with E-state index >= 15 is 0 Å². The van der Waals surface area contributed by atoms with Gasteiger partial charge in [-0.3, -0.25) is 4.79 Å². The lowest BCUT2D eigenvalue weighted by atomic mass is 10.2. The highest BCUT2D eigenvalue weighted by atomic mass is 79.9. The van der Waals surface area contributed by atoms with Crippen molar-refractivity contribution >= 4 is 39.2 Å². The van der Waals surface area contributed by atoms with E-state index in [0.29, 0.717) is 13.2 Å². The van der Waals surface area contributed by atoms with Crippen LogP contribution in [0.1, 0.15) is 18.9 Å². The number of carbonyl (C=O) groups excluding carboxylic acids is 2. The third-order valence-electron chi connectivity index (χ3n) is 4.36. The molecule has 1 heterocycles. The summed E-state index contributed by atoms with van der Waals surface area (Å²) in [5.41, 5.74) is 2.50. The molecule has 7 heteroatoms. The molecule has 2 aromatic carbocycles. The Labute approximate surface area is 167 Å². The molecule has 0 aromatic heterocycles. The summed E-state index contributed by atoms with van der Waals surface area (Å²) in [7, 11) is 0. The number of urea groups is 1. The molecular formula is C20H22BrN3O3. The molecule has 0 aliphatic carbocycles. The molecule has 142 valence electrons. The molecule has 3 amide bonds. The van der Waals surface area contributed by atoms with Gasteiger partial charge in [0.25, 0.3) is 0 Å². The second kappa shape index (κ2) is 8.43. The van der Waals surface area contributed by atoms with Gasteiger partial charge in [-0.15, -0.1) is 0 Å². The number of hydrogen-bond donors (Lipinski definition) is 2. The van der Waals surface area contributed by atoms with Gasteiger partial charge in [-0.1, -0.05) is 15.9 Å². The highest BCUT2D eigenvalue weighted by Crippen LogP contribution is 2.24. The van der Waals surface area contributed by atoms with Crippen molar-refractivity contribution < 1.29 is 14.3 Å². The highest BCUT2D eigenvalue weighted by Gasteiger charge is 2.31. The second-order valence-electron chi connectivity index (χ2n) is 6.39. The zero-order valence-electron chi connectivity index (χ0n) is 15.3. The van der Waals surface area contributed by atoms with Crippen LogP contribution in [0.5, 0.6) is 5.75 Å². The van der Waals surface area contributed by atoms with Crippen molar-refractivity contribution in [1.82, 2.24) is 5.32 Å². The average molecular weight is 432 g/mol. The Morgan fingerprint density at radius 3 is 2.67 bits per heavy atom. The molecule has 0 bridgehead atoms. The number of aryl methyl sites for hydroxylation is 1. The van der Waals surface area contributed by atoms with Gasteiger partial charge in [0.05, 0.1) is 12.6 Å². The molecule has 1 aliphatic heterocycles. The Morgan fingerprint density at radius 1 is 1.26 bits per heavy atom. The Hall–Kier alpha value is -2.54. The first-order chi connectivity index (χ1) is 13.0. The third-order valence-corrected chi connectivity index (χ3v) is 4.85. The fourth-order valence-corrected chi connectivity index (χ4v) is 3.53. The van der Waals surface area contributed by atoms with Crippen LogP contribution in [0, 0.1) is 6.92 Å². The molecular weight excluding hydrogens is 410 g/mol. The monoisotopic (exact) mass is 431 g/mol. The normalized spacial score (nSPS) is 16.3. The minimum Gasteiger partial charge on any atom is -0.494 e. The maximum atomic E-state index is 12.3. The molecule has 27 heavy (non-hydrogen) atoms. The summed E-state index contributed by atoms with van der Waals surface area (Å²) < 4.78 is 6.38. The molecule has 3 rings (SSSR count). The van der Waals surface area contributed by atoms with Crippen LogP contribution in [0.15, 0.2) is 46.9 Å². The molecule has 6 nitrogen and oxygen atoms in total. The van der Waals surface area contributed by atoms with E-state index in [9.17, 15) is 9.59 Å². The summed E-state index contributed by atoms with van der Waals surface area (Å²) in [6.45, 7) is 4.89. The zero-order valence-corrected chi connectivity index (χ0v) is 16.9. The quantitative estimate of drug-likeness (QED) is 0.748. The fourth-order valence-electron chi connectivity index (χ4n) is 3.05. The summed E-state index contributed by atoms with van der Waals surface area (Å²) in [5, 5.41) is 5.72. The number of halogens is 1. The van der Waals surface area contributed by atoms with Gasteiger partial charge in [-0.05, 0) is 61.9 Å². The van der Waals surface area contributed by atoms with Crippen LogP contribution in [0.25, 0.3) is 0 Å². The van der Waals surface area contributed by atoms with Crippen LogP contribution >= 0.6 is 15.9 Å². The lowest BCUT2D eigenvalue weighted by molar-refractivity contribution is -0.117. The van der Waals surface area contributed by atoms with E-state index in [1.165, 1.54) is 0 Å². The van der Waals surface area contributed by atoms with Gasteiger partial charge in [-0.25, -0.2) is 4.79 Å². The molecule has 0 saturated carbocycles. The maximum Gasteiger partial charge on any atom is 0.319 e. The Balaban J connectivity index is 1.59. The van der Waals surface area contributed by atoms with E-state index in [1.807, 2.05) is 56.3 Å². The minimum absolute atomic E-state index is 0.00992. The van der Waals surface area contributed by atoms with Gasteiger partial charge in [-0.2, -0.15) is 0 Å². The van der Waals surface area contributed by atoms with E-state index < -0.39 is 0 Å². The largest absolute Gasteiger partial charge is 0.494 e. The van der Waals surface area contributed by atoms with E-state index in [1.54, 1.807) is 4.90 Å². The van der Waals surface area contributed by atoms with Gasteiger partial charge in [0.15, 0.2) is 0 Å². The predicted octanol–water partition coefficient (Wildman–Crippen LogP) is 4.08. The minimum atomic E-state index is -0.313. The van der Waals surface area contributed by atoms with E-state index in [0.717, 1.165) is 27.2 Å². The number of carbonyl (C=O) groups is 2. The van der Waals surface area contributed by atoms with Crippen molar-refractivity contribution in [2.24, 2.45) is 0 Å². The Morgan fingerprint density at radius 2 is 2.00 bits per heavy atom. The number of amides is 3. The molecule has 2 N–H and O–H groups in total. The van der Waals surface area contributed by atoms with Gasteiger partial charge in [0.1, 0.15) is 5.75 Å². The number of hydrogen-bond acceptors (Lipinski definition) is 3. The third kappa shape index (κ3) is 4.80. The number of anilines is 2. The predicted molar refractivity (Wildman–Crippen MR) is 109 cm³/mol. The lowest BCUT2D eigenvalue weighted by Crippen LogP contribution is -2.39. The molecule has 1 atom stereocenters. The van der Waals surface area contributed by atoms with Crippen LogP contribution in [-0.4, -0.2) is 31.1 Å². The van der Waals surface area contributed by atoms with Gasteiger partial charge in [0.2, 0.25) is 5.91 Å². The first kappa shape index (κ1) is 19.2. The molecule has 1 fully saturated rings. The molecule has 1 unspecified atom stereocenters. The van der Waals surface area contributed by atoms with Gasteiger partial charge < -0.3 is 20.3 Å². The molecule has 1 saturated heterocycles. The summed E-state index contributed by atoms with van der Waals surface area (Å²) in [4.78, 5) is 26.3. The van der Waals surface area contributed by atoms with Gasteiger partial charge >= 0.3 is 6.03 Å². The second-order valence-corrected chi connectivity index (χ2v) is 7.31. The highest BCUT2D eigenvalue weighted by molar-refractivity contribution is 9.10. The number of nitrogens with zero attached hydrogens (tertiary/aromatic N) is 1. The first-order valence-electron chi connectivity index (χ1n) is 8.83. The van der Waals surface area contributed by atoms with Crippen molar-refractivity contribution in [3.05, 3.63) is 52.5 Å². The number of rotatable bonds is 5. The molecule has 0 radical (unpaired) electrons. The van der Waals surface area contributed by atoms with Crippen LogP contribution in [0.3, 0.4) is 0 Å². The van der Waals surface area contributed by atoms with Crippen LogP contribution in [-0.2, 0) is 4.79 Å². The molecule has 0 spiro atoms. The van der Waals surface area contributed by atoms with Crippen LogP contribution in [0.4, 0.5) is 16.2 Å². The summed E-state index contributed by atoms with van der Waals surface area (Å²) in [6.07, 6.45) is 0.278. The number of nitrogens with one attached hydrogen (secondary N) is 2.